The van der Waals surface area contributed by atoms with Crippen molar-refractivity contribution in [2.75, 3.05) is 17.8 Å². The minimum absolute atomic E-state index is 0.803. The van der Waals surface area contributed by atoms with Crippen molar-refractivity contribution in [3.05, 3.63) is 182 Å². The summed E-state index contributed by atoms with van der Waals surface area (Å²) in [6, 6.07) is 66.3. The van der Waals surface area contributed by atoms with Gasteiger partial charge in [-0.1, -0.05) is 184 Å². The molecule has 54 heavy (non-hydrogen) atoms. The van der Waals surface area contributed by atoms with Crippen LogP contribution in [0.15, 0.2) is 190 Å². The van der Waals surface area contributed by atoms with Gasteiger partial charge in [-0.05, 0) is 70.7 Å². The lowest BCUT2D eigenvalue weighted by Crippen LogP contribution is -2.21. The second-order valence-electron chi connectivity index (χ2n) is 13.2. The summed E-state index contributed by atoms with van der Waals surface area (Å²) in [5, 5.41) is 14.5. The van der Waals surface area contributed by atoms with E-state index in [-0.39, 0.29) is 0 Å². The van der Waals surface area contributed by atoms with E-state index in [1.165, 1.54) is 53.4 Å². The van der Waals surface area contributed by atoms with Crippen molar-refractivity contribution >= 4 is 99.3 Å². The number of hydrogen-bond donors (Lipinski definition) is 0. The molecule has 0 saturated carbocycles. The van der Waals surface area contributed by atoms with Crippen LogP contribution in [0.3, 0.4) is 0 Å². The fourth-order valence-electron chi connectivity index (χ4n) is 7.55. The van der Waals surface area contributed by atoms with Crippen LogP contribution in [-0.2, 0) is 0 Å². The molecule has 0 radical (unpaired) electrons. The van der Waals surface area contributed by atoms with Crippen molar-refractivity contribution in [3.8, 4) is 0 Å². The summed E-state index contributed by atoms with van der Waals surface area (Å²) in [7, 11) is -3.55. The molecule has 0 aliphatic carbocycles. The summed E-state index contributed by atoms with van der Waals surface area (Å²) < 4.78 is 17.4. The highest BCUT2D eigenvalue weighted by Gasteiger charge is 2.28. The van der Waals surface area contributed by atoms with Gasteiger partial charge in [-0.15, -0.1) is 0 Å². The standard InChI is InChI=1S/C48H40NO2P3/c1-3-49(4-2)54-50-47-43(52(37-23-9-5-10-24-37)38-25-11-6-12-26-38)33-35-21-17-19-31-41(35)45(47)46-42-32-20-18-22-36(42)34-44(48(46)51-54)53(39-27-13-7-14-28-39)40-29-15-8-16-30-40/h5-34H,3-4H2,1-2H3. The van der Waals surface area contributed by atoms with Crippen molar-refractivity contribution in [2.45, 2.75) is 13.8 Å². The molecule has 3 nitrogen and oxygen atoms in total. The first-order valence-corrected chi connectivity index (χ1v) is 22.4. The highest BCUT2D eigenvalue weighted by Crippen LogP contribution is 2.47. The molecule has 0 aliphatic rings. The Morgan fingerprint density at radius 1 is 0.426 bits per heavy atom. The van der Waals surface area contributed by atoms with Crippen LogP contribution in [0.1, 0.15) is 13.8 Å². The Labute approximate surface area is 320 Å². The van der Waals surface area contributed by atoms with Crippen LogP contribution in [0.5, 0.6) is 0 Å². The number of hydrogen-bond acceptors (Lipinski definition) is 3. The Kier molecular flexibility index (Phi) is 9.90. The average molecular weight is 756 g/mol. The summed E-state index contributed by atoms with van der Waals surface area (Å²) in [6.45, 7) is 6.01. The van der Waals surface area contributed by atoms with E-state index in [1.54, 1.807) is 0 Å². The van der Waals surface area contributed by atoms with E-state index in [2.05, 4.69) is 201 Å². The van der Waals surface area contributed by atoms with E-state index in [1.807, 2.05) is 0 Å². The molecular weight excluding hydrogens is 715 g/mol. The molecule has 1 aromatic heterocycles. The lowest BCUT2D eigenvalue weighted by molar-refractivity contribution is 0.627. The molecule has 0 saturated heterocycles. The van der Waals surface area contributed by atoms with E-state index in [0.717, 1.165) is 35.0 Å². The van der Waals surface area contributed by atoms with E-state index < -0.39 is 24.0 Å². The molecule has 264 valence electrons. The average Bonchev–Trinajstić information content (AvgIpc) is 3.42. The molecule has 0 bridgehead atoms. The summed E-state index contributed by atoms with van der Waals surface area (Å²) in [4.78, 5) is 0. The highest BCUT2D eigenvalue weighted by molar-refractivity contribution is 7.80. The van der Waals surface area contributed by atoms with Gasteiger partial charge in [0.15, 0.2) is 11.2 Å². The van der Waals surface area contributed by atoms with E-state index in [0.29, 0.717) is 0 Å². The fourth-order valence-corrected chi connectivity index (χ4v) is 14.0. The summed E-state index contributed by atoms with van der Waals surface area (Å²) >= 11 is 0. The third-order valence-corrected chi connectivity index (χ3v) is 16.6. The molecule has 8 aromatic carbocycles. The molecule has 0 atom stereocenters. The maximum absolute atomic E-state index is 7.53. The predicted molar refractivity (Wildman–Crippen MR) is 238 cm³/mol. The van der Waals surface area contributed by atoms with Gasteiger partial charge in [-0.2, -0.15) is 0 Å². The third kappa shape index (κ3) is 6.36. The topological polar surface area (TPSA) is 29.5 Å². The normalized spacial score (nSPS) is 11.8. The monoisotopic (exact) mass is 755 g/mol. The molecule has 9 aromatic rings. The van der Waals surface area contributed by atoms with Gasteiger partial charge < -0.3 is 8.39 Å². The van der Waals surface area contributed by atoms with Gasteiger partial charge in [0.2, 0.25) is 0 Å². The first-order valence-electron chi connectivity index (χ1n) is 18.6. The van der Waals surface area contributed by atoms with E-state index >= 15 is 0 Å². The zero-order valence-corrected chi connectivity index (χ0v) is 33.0. The Morgan fingerprint density at radius 3 is 1.07 bits per heavy atom. The molecule has 0 fully saturated rings. The van der Waals surface area contributed by atoms with Crippen LogP contribution in [0, 0.1) is 0 Å². The van der Waals surface area contributed by atoms with E-state index in [9.17, 15) is 0 Å². The maximum atomic E-state index is 7.53. The Morgan fingerprint density at radius 2 is 0.741 bits per heavy atom. The van der Waals surface area contributed by atoms with Crippen molar-refractivity contribution in [2.24, 2.45) is 0 Å². The molecule has 0 spiro atoms. The minimum Gasteiger partial charge on any atom is -0.407 e. The Balaban J connectivity index is 1.54. The highest BCUT2D eigenvalue weighted by atomic mass is 31.1. The lowest BCUT2D eigenvalue weighted by Gasteiger charge is -2.22. The van der Waals surface area contributed by atoms with Crippen LogP contribution >= 0.6 is 24.0 Å². The number of rotatable bonds is 9. The quantitative estimate of drug-likeness (QED) is 0.137. The summed E-state index contributed by atoms with van der Waals surface area (Å²) in [6.07, 6.45) is 0. The van der Waals surface area contributed by atoms with Gasteiger partial charge in [-0.25, -0.2) is 4.67 Å². The Hall–Kier alpha value is -5.00. The van der Waals surface area contributed by atoms with Gasteiger partial charge >= 0.3 is 8.16 Å². The SMILES string of the molecule is CCN(CC)p1oc2c(P(c3ccccc3)c3ccccc3)cc3ccccc3c2c2c(o1)c(P(c1ccccc1)c1ccccc1)cc1ccccc12. The van der Waals surface area contributed by atoms with Crippen LogP contribution in [0.25, 0.3) is 43.5 Å². The zero-order valence-electron chi connectivity index (χ0n) is 30.3. The predicted octanol–water partition coefficient (Wildman–Crippen LogP) is 11.1. The molecule has 0 aliphatic heterocycles. The second kappa shape index (κ2) is 15.4. The molecule has 0 unspecified atom stereocenters. The molecule has 9 rings (SSSR count). The molecule has 0 amide bonds. The van der Waals surface area contributed by atoms with Gasteiger partial charge in [0, 0.05) is 34.5 Å². The number of fused-ring (bicyclic) bond motifs is 7. The van der Waals surface area contributed by atoms with Crippen molar-refractivity contribution in [1.82, 2.24) is 0 Å². The van der Waals surface area contributed by atoms with Crippen molar-refractivity contribution in [1.29, 1.82) is 0 Å². The fraction of sp³-hybridized carbons (Fsp3) is 0.0833. The van der Waals surface area contributed by atoms with Gasteiger partial charge in [0.05, 0.1) is 0 Å². The third-order valence-electron chi connectivity index (χ3n) is 10.1. The van der Waals surface area contributed by atoms with Crippen LogP contribution in [0.4, 0.5) is 0 Å². The first kappa shape index (κ1) is 34.7. The first-order chi connectivity index (χ1) is 26.7. The van der Waals surface area contributed by atoms with Crippen LogP contribution in [0.2, 0.25) is 0 Å². The van der Waals surface area contributed by atoms with Crippen LogP contribution in [-0.4, -0.2) is 13.1 Å². The number of nitrogens with zero attached hydrogens (tertiary/aromatic N) is 1. The smallest absolute Gasteiger partial charge is 0.309 e. The van der Waals surface area contributed by atoms with Crippen molar-refractivity contribution < 1.29 is 8.39 Å². The van der Waals surface area contributed by atoms with Crippen molar-refractivity contribution in [3.63, 3.8) is 0 Å². The lowest BCUT2D eigenvalue weighted by atomic mass is 9.98. The summed E-state index contributed by atoms with van der Waals surface area (Å²) in [5.41, 5.74) is 1.85. The maximum Gasteiger partial charge on any atom is 0.309 e. The van der Waals surface area contributed by atoms with Gasteiger partial charge in [0.25, 0.3) is 0 Å². The zero-order chi connectivity index (χ0) is 36.4. The minimum atomic E-state index is -1.55. The number of benzene rings is 8. The molecule has 1 heterocycles. The summed E-state index contributed by atoms with van der Waals surface area (Å²) in [5.74, 6) is 0. The van der Waals surface area contributed by atoms with Gasteiger partial charge in [-0.3, -0.25) is 0 Å². The Bertz CT molecular complexity index is 2490. The second-order valence-corrected chi connectivity index (χ2v) is 19.0. The molecule has 0 N–H and O–H groups in total. The largest absolute Gasteiger partial charge is 0.407 e. The molecule has 6 heteroatoms. The molecular formula is C48H40NO2P3. The van der Waals surface area contributed by atoms with Gasteiger partial charge in [0.1, 0.15) is 0 Å². The van der Waals surface area contributed by atoms with Crippen LogP contribution < -0.4 is 36.5 Å². The van der Waals surface area contributed by atoms with E-state index in [4.69, 9.17) is 8.39 Å².